The lowest BCUT2D eigenvalue weighted by molar-refractivity contribution is 0.0762. The number of fused-ring (bicyclic) bond motifs is 1. The van der Waals surface area contributed by atoms with E-state index in [1.807, 2.05) is 30.0 Å². The van der Waals surface area contributed by atoms with Crippen LogP contribution in [0.4, 0.5) is 0 Å². The number of aryl methyl sites for hydroxylation is 1. The average Bonchev–Trinajstić information content (AvgIpc) is 2.71. The van der Waals surface area contributed by atoms with Crippen molar-refractivity contribution in [2.75, 3.05) is 13.1 Å². The molecule has 0 aliphatic carbocycles. The summed E-state index contributed by atoms with van der Waals surface area (Å²) in [5.74, 6) is 0.121. The van der Waals surface area contributed by atoms with Gasteiger partial charge in [0, 0.05) is 23.5 Å². The van der Waals surface area contributed by atoms with Crippen LogP contribution in [0.5, 0.6) is 0 Å². The van der Waals surface area contributed by atoms with Gasteiger partial charge in [-0.15, -0.1) is 12.6 Å². The lowest BCUT2D eigenvalue weighted by Gasteiger charge is -2.21. The van der Waals surface area contributed by atoms with Crippen molar-refractivity contribution in [3.05, 3.63) is 64.7 Å². The van der Waals surface area contributed by atoms with Crippen molar-refractivity contribution >= 4 is 18.5 Å². The molecule has 3 heteroatoms. The zero-order valence-corrected chi connectivity index (χ0v) is 13.1. The Bertz CT molecular complexity index is 654. The molecule has 0 radical (unpaired) electrons. The van der Waals surface area contributed by atoms with Gasteiger partial charge < -0.3 is 4.90 Å². The Labute approximate surface area is 131 Å². The van der Waals surface area contributed by atoms with E-state index in [1.165, 1.54) is 11.1 Å². The van der Waals surface area contributed by atoms with Crippen molar-refractivity contribution in [2.45, 2.75) is 24.7 Å². The van der Waals surface area contributed by atoms with Crippen LogP contribution in [-0.4, -0.2) is 23.9 Å². The number of hydrogen-bond donors (Lipinski definition) is 1. The third-order valence-corrected chi connectivity index (χ3v) is 4.44. The average molecular weight is 297 g/mol. The molecule has 0 aromatic heterocycles. The van der Waals surface area contributed by atoms with Crippen molar-refractivity contribution in [2.24, 2.45) is 0 Å². The van der Waals surface area contributed by atoms with Crippen LogP contribution in [0.25, 0.3) is 0 Å². The number of thiol groups is 1. The molecule has 1 amide bonds. The molecule has 2 aromatic rings. The molecule has 2 nitrogen and oxygen atoms in total. The van der Waals surface area contributed by atoms with Crippen LogP contribution in [0.15, 0.2) is 47.4 Å². The largest absolute Gasteiger partial charge is 0.338 e. The molecule has 0 unspecified atom stereocenters. The van der Waals surface area contributed by atoms with Gasteiger partial charge in [-0.3, -0.25) is 4.79 Å². The maximum atomic E-state index is 12.8. The van der Waals surface area contributed by atoms with Gasteiger partial charge >= 0.3 is 0 Å². The van der Waals surface area contributed by atoms with Gasteiger partial charge in [0.25, 0.3) is 5.91 Å². The molecule has 1 aliphatic rings. The zero-order valence-electron chi connectivity index (χ0n) is 12.2. The lowest BCUT2D eigenvalue weighted by atomic mass is 10.0. The molecule has 1 aliphatic heterocycles. The van der Waals surface area contributed by atoms with E-state index < -0.39 is 0 Å². The first kappa shape index (κ1) is 14.2. The van der Waals surface area contributed by atoms with Crippen molar-refractivity contribution in [1.29, 1.82) is 0 Å². The first-order valence-electron chi connectivity index (χ1n) is 7.31. The first-order chi connectivity index (χ1) is 10.1. The lowest BCUT2D eigenvalue weighted by Crippen LogP contribution is -2.33. The number of carbonyl (C=O) groups is 1. The summed E-state index contributed by atoms with van der Waals surface area (Å²) >= 11 is 4.35. The van der Waals surface area contributed by atoms with Crippen LogP contribution >= 0.6 is 12.6 Å². The third kappa shape index (κ3) is 2.98. The molecular weight excluding hydrogens is 278 g/mol. The quantitative estimate of drug-likeness (QED) is 0.799. The van der Waals surface area contributed by atoms with E-state index in [0.29, 0.717) is 0 Å². The fourth-order valence-corrected chi connectivity index (χ4v) is 3.09. The topological polar surface area (TPSA) is 20.3 Å². The molecule has 21 heavy (non-hydrogen) atoms. The van der Waals surface area contributed by atoms with Gasteiger partial charge in [-0.1, -0.05) is 30.3 Å². The predicted octanol–water partition coefficient (Wildman–Crippen LogP) is 3.52. The number of rotatable bonds is 1. The summed E-state index contributed by atoms with van der Waals surface area (Å²) in [5.41, 5.74) is 4.52. The fourth-order valence-electron chi connectivity index (χ4n) is 2.88. The van der Waals surface area contributed by atoms with E-state index in [2.05, 4.69) is 36.9 Å². The highest BCUT2D eigenvalue weighted by Gasteiger charge is 2.20. The maximum absolute atomic E-state index is 12.8. The van der Waals surface area contributed by atoms with E-state index in [1.54, 1.807) is 0 Å². The van der Waals surface area contributed by atoms with Gasteiger partial charge in [-0.2, -0.15) is 0 Å². The minimum absolute atomic E-state index is 0.121. The number of hydrogen-bond acceptors (Lipinski definition) is 2. The molecule has 0 saturated heterocycles. The van der Waals surface area contributed by atoms with Crippen LogP contribution in [0.3, 0.4) is 0 Å². The molecule has 0 atom stereocenters. The summed E-state index contributed by atoms with van der Waals surface area (Å²) in [7, 11) is 0. The zero-order chi connectivity index (χ0) is 14.8. The molecule has 0 bridgehead atoms. The van der Waals surface area contributed by atoms with Gasteiger partial charge in [-0.05, 0) is 48.6 Å². The van der Waals surface area contributed by atoms with Crippen molar-refractivity contribution in [3.63, 3.8) is 0 Å². The summed E-state index contributed by atoms with van der Waals surface area (Å²) in [5, 5.41) is 0. The van der Waals surface area contributed by atoms with Gasteiger partial charge in [0.15, 0.2) is 0 Å². The monoisotopic (exact) mass is 297 g/mol. The number of nitrogens with zero attached hydrogens (tertiary/aromatic N) is 1. The second kappa shape index (κ2) is 5.94. The van der Waals surface area contributed by atoms with Gasteiger partial charge in [0.05, 0.1) is 0 Å². The first-order valence-corrected chi connectivity index (χ1v) is 7.75. The Morgan fingerprint density at radius 3 is 2.29 bits per heavy atom. The molecule has 2 aromatic carbocycles. The molecule has 0 fully saturated rings. The SMILES string of the molecule is Cc1ccc(S)cc1C(=O)N1CCc2ccccc2CC1. The minimum Gasteiger partial charge on any atom is -0.338 e. The standard InChI is InChI=1S/C18H19NOS/c1-13-6-7-16(21)12-17(13)18(20)19-10-8-14-4-2-3-5-15(14)9-11-19/h2-7,12,21H,8-11H2,1H3. The van der Waals surface area contributed by atoms with Crippen molar-refractivity contribution in [3.8, 4) is 0 Å². The van der Waals surface area contributed by atoms with E-state index in [0.717, 1.165) is 42.0 Å². The van der Waals surface area contributed by atoms with E-state index in [9.17, 15) is 4.79 Å². The molecule has 1 heterocycles. The highest BCUT2D eigenvalue weighted by atomic mass is 32.1. The Kier molecular flexibility index (Phi) is 4.02. The summed E-state index contributed by atoms with van der Waals surface area (Å²) in [6, 6.07) is 14.2. The second-order valence-corrected chi connectivity index (χ2v) is 6.08. The molecule has 3 rings (SSSR count). The normalized spacial score (nSPS) is 14.5. The van der Waals surface area contributed by atoms with Crippen molar-refractivity contribution in [1.82, 2.24) is 4.90 Å². The van der Waals surface area contributed by atoms with Crippen LogP contribution in [-0.2, 0) is 12.8 Å². The number of carbonyl (C=O) groups excluding carboxylic acids is 1. The fraction of sp³-hybridized carbons (Fsp3) is 0.278. The maximum Gasteiger partial charge on any atom is 0.254 e. The molecule has 0 spiro atoms. The summed E-state index contributed by atoms with van der Waals surface area (Å²) < 4.78 is 0. The van der Waals surface area contributed by atoms with Crippen LogP contribution < -0.4 is 0 Å². The van der Waals surface area contributed by atoms with E-state index in [4.69, 9.17) is 0 Å². The van der Waals surface area contributed by atoms with Crippen LogP contribution in [0.1, 0.15) is 27.0 Å². The van der Waals surface area contributed by atoms with E-state index >= 15 is 0 Å². The Balaban J connectivity index is 1.82. The minimum atomic E-state index is 0.121. The molecular formula is C18H19NOS. The van der Waals surface area contributed by atoms with Crippen LogP contribution in [0, 0.1) is 6.92 Å². The highest BCUT2D eigenvalue weighted by Crippen LogP contribution is 2.20. The molecule has 0 N–H and O–H groups in total. The van der Waals surface area contributed by atoms with Crippen molar-refractivity contribution < 1.29 is 4.79 Å². The smallest absolute Gasteiger partial charge is 0.254 e. The second-order valence-electron chi connectivity index (χ2n) is 5.56. The molecule has 0 saturated carbocycles. The number of benzene rings is 2. The Hall–Kier alpha value is -1.74. The Morgan fingerprint density at radius 1 is 1.05 bits per heavy atom. The summed E-state index contributed by atoms with van der Waals surface area (Å²) in [6.45, 7) is 3.55. The number of amides is 1. The predicted molar refractivity (Wildman–Crippen MR) is 88.2 cm³/mol. The third-order valence-electron chi connectivity index (χ3n) is 4.16. The summed E-state index contributed by atoms with van der Waals surface area (Å²) in [6.07, 6.45) is 1.86. The van der Waals surface area contributed by atoms with Gasteiger partial charge in [0.2, 0.25) is 0 Å². The Morgan fingerprint density at radius 2 is 1.67 bits per heavy atom. The van der Waals surface area contributed by atoms with E-state index in [-0.39, 0.29) is 5.91 Å². The molecule has 108 valence electrons. The van der Waals surface area contributed by atoms with Gasteiger partial charge in [-0.25, -0.2) is 0 Å². The van der Waals surface area contributed by atoms with Crippen LogP contribution in [0.2, 0.25) is 0 Å². The van der Waals surface area contributed by atoms with Gasteiger partial charge in [0.1, 0.15) is 0 Å². The summed E-state index contributed by atoms with van der Waals surface area (Å²) in [4.78, 5) is 15.6. The highest BCUT2D eigenvalue weighted by molar-refractivity contribution is 7.80.